The number of urea groups is 1. The molecule has 112 valence electrons. The number of amides is 2. The monoisotopic (exact) mass is 281 g/mol. The third-order valence-corrected chi connectivity index (χ3v) is 4.11. The fourth-order valence-electron chi connectivity index (χ4n) is 2.44. The first-order chi connectivity index (χ1) is 9.45. The molecule has 1 aliphatic rings. The molecule has 1 saturated carbocycles. The van der Waals surface area contributed by atoms with E-state index >= 15 is 0 Å². The van der Waals surface area contributed by atoms with Crippen LogP contribution in [0.25, 0.3) is 0 Å². The van der Waals surface area contributed by atoms with E-state index in [4.69, 9.17) is 10.4 Å². The van der Waals surface area contributed by atoms with Crippen LogP contribution in [0.2, 0.25) is 0 Å². The minimum Gasteiger partial charge on any atom is -0.481 e. The Morgan fingerprint density at radius 3 is 2.50 bits per heavy atom. The van der Waals surface area contributed by atoms with Crippen molar-refractivity contribution in [2.24, 2.45) is 11.8 Å². The minimum atomic E-state index is -0.711. The molecule has 1 unspecified atom stereocenters. The number of carboxylic acids is 1. The summed E-state index contributed by atoms with van der Waals surface area (Å²) in [6.45, 7) is 2.41. The number of aliphatic carboxylic acids is 1. The van der Waals surface area contributed by atoms with Crippen molar-refractivity contribution in [3.63, 3.8) is 0 Å². The summed E-state index contributed by atoms with van der Waals surface area (Å²) in [5.74, 6) is -0.577. The van der Waals surface area contributed by atoms with E-state index in [2.05, 4.69) is 5.32 Å². The number of carbonyl (C=O) groups excluding carboxylic acids is 1. The van der Waals surface area contributed by atoms with Crippen molar-refractivity contribution < 1.29 is 14.7 Å². The maximum atomic E-state index is 11.9. The Morgan fingerprint density at radius 2 is 2.00 bits per heavy atom. The highest BCUT2D eigenvalue weighted by Gasteiger charge is 2.26. The Morgan fingerprint density at radius 1 is 1.40 bits per heavy atom. The maximum absolute atomic E-state index is 11.9. The minimum absolute atomic E-state index is 0.109. The second-order valence-electron chi connectivity index (χ2n) is 5.56. The van der Waals surface area contributed by atoms with Gasteiger partial charge >= 0.3 is 12.0 Å². The van der Waals surface area contributed by atoms with Crippen LogP contribution in [0.4, 0.5) is 4.79 Å². The van der Waals surface area contributed by atoms with Crippen molar-refractivity contribution in [1.29, 1.82) is 5.26 Å². The molecule has 0 heterocycles. The average Bonchev–Trinajstić information content (AvgIpc) is 2.44. The zero-order valence-electron chi connectivity index (χ0n) is 12.1. The third kappa shape index (κ3) is 4.72. The van der Waals surface area contributed by atoms with Gasteiger partial charge in [-0.05, 0) is 38.5 Å². The van der Waals surface area contributed by atoms with Crippen LogP contribution in [0.5, 0.6) is 0 Å². The number of hydrogen-bond acceptors (Lipinski definition) is 3. The van der Waals surface area contributed by atoms with Gasteiger partial charge in [0, 0.05) is 19.6 Å². The molecule has 0 saturated heterocycles. The maximum Gasteiger partial charge on any atom is 0.317 e. The van der Waals surface area contributed by atoms with Crippen molar-refractivity contribution in [1.82, 2.24) is 10.2 Å². The number of carboxylic acid groups (broad SMARTS) is 1. The van der Waals surface area contributed by atoms with Gasteiger partial charge in [0.1, 0.15) is 0 Å². The lowest BCUT2D eigenvalue weighted by atomic mass is 9.82. The number of rotatable bonds is 5. The van der Waals surface area contributed by atoms with Crippen molar-refractivity contribution in [2.75, 3.05) is 13.6 Å². The van der Waals surface area contributed by atoms with Crippen LogP contribution in [-0.2, 0) is 4.79 Å². The molecule has 0 aliphatic heterocycles. The standard InChI is InChI=1S/C14H23N3O3/c1-10(7-8-15)17(2)14(20)16-9-11-3-5-12(6-4-11)13(18)19/h10-12H,3-7,9H2,1-2H3,(H,16,20)(H,18,19). The Balaban J connectivity index is 2.29. The predicted octanol–water partition coefficient (Wildman–Crippen LogP) is 1.82. The van der Waals surface area contributed by atoms with Crippen molar-refractivity contribution in [3.05, 3.63) is 0 Å². The Kier molecular flexibility index (Phi) is 6.29. The Labute approximate surface area is 119 Å². The van der Waals surface area contributed by atoms with Crippen LogP contribution < -0.4 is 5.32 Å². The van der Waals surface area contributed by atoms with Gasteiger partial charge in [-0.15, -0.1) is 0 Å². The number of carbonyl (C=O) groups is 2. The Hall–Kier alpha value is -1.77. The fraction of sp³-hybridized carbons (Fsp3) is 0.786. The van der Waals surface area contributed by atoms with Gasteiger partial charge in [0.15, 0.2) is 0 Å². The fourth-order valence-corrected chi connectivity index (χ4v) is 2.44. The van der Waals surface area contributed by atoms with E-state index in [0.717, 1.165) is 12.8 Å². The molecule has 0 aromatic rings. The normalized spacial score (nSPS) is 23.4. The van der Waals surface area contributed by atoms with E-state index in [1.165, 1.54) is 4.90 Å². The first-order valence-electron chi connectivity index (χ1n) is 7.06. The zero-order chi connectivity index (χ0) is 15.1. The van der Waals surface area contributed by atoms with Gasteiger partial charge in [0.05, 0.1) is 18.4 Å². The molecule has 0 aromatic carbocycles. The van der Waals surface area contributed by atoms with Crippen LogP contribution in [0.15, 0.2) is 0 Å². The van der Waals surface area contributed by atoms with Crippen molar-refractivity contribution in [2.45, 2.75) is 45.1 Å². The summed E-state index contributed by atoms with van der Waals surface area (Å²) < 4.78 is 0. The van der Waals surface area contributed by atoms with Gasteiger partial charge < -0.3 is 15.3 Å². The molecule has 2 N–H and O–H groups in total. The zero-order valence-corrected chi connectivity index (χ0v) is 12.1. The second kappa shape index (κ2) is 7.73. The quantitative estimate of drug-likeness (QED) is 0.803. The molecular weight excluding hydrogens is 258 g/mol. The molecule has 6 heteroatoms. The van der Waals surface area contributed by atoms with Gasteiger partial charge in [-0.25, -0.2) is 4.79 Å². The van der Waals surface area contributed by atoms with Crippen molar-refractivity contribution in [3.8, 4) is 6.07 Å². The highest BCUT2D eigenvalue weighted by atomic mass is 16.4. The van der Waals surface area contributed by atoms with Gasteiger partial charge in [-0.1, -0.05) is 0 Å². The summed E-state index contributed by atoms with van der Waals surface area (Å²) in [5.41, 5.74) is 0. The summed E-state index contributed by atoms with van der Waals surface area (Å²) in [6, 6.07) is 1.77. The molecule has 0 radical (unpaired) electrons. The number of nitrogens with zero attached hydrogens (tertiary/aromatic N) is 2. The highest BCUT2D eigenvalue weighted by molar-refractivity contribution is 5.74. The van der Waals surface area contributed by atoms with E-state index in [0.29, 0.717) is 31.7 Å². The van der Waals surface area contributed by atoms with E-state index in [9.17, 15) is 9.59 Å². The van der Waals surface area contributed by atoms with Gasteiger partial charge in [0.25, 0.3) is 0 Å². The SMILES string of the molecule is CC(CC#N)N(C)C(=O)NCC1CCC(C(=O)O)CC1. The van der Waals surface area contributed by atoms with Crippen LogP contribution in [-0.4, -0.2) is 41.6 Å². The van der Waals surface area contributed by atoms with E-state index in [1.807, 2.05) is 13.0 Å². The van der Waals surface area contributed by atoms with E-state index in [1.54, 1.807) is 7.05 Å². The van der Waals surface area contributed by atoms with Crippen LogP contribution >= 0.6 is 0 Å². The van der Waals surface area contributed by atoms with Gasteiger partial charge in [0.2, 0.25) is 0 Å². The summed E-state index contributed by atoms with van der Waals surface area (Å²) in [7, 11) is 1.68. The molecule has 2 amide bonds. The topological polar surface area (TPSA) is 93.4 Å². The number of hydrogen-bond donors (Lipinski definition) is 2. The summed E-state index contributed by atoms with van der Waals surface area (Å²) >= 11 is 0. The summed E-state index contributed by atoms with van der Waals surface area (Å²) in [6.07, 6.45) is 3.38. The lowest BCUT2D eigenvalue weighted by Crippen LogP contribution is -2.44. The molecule has 6 nitrogen and oxygen atoms in total. The largest absolute Gasteiger partial charge is 0.481 e. The smallest absolute Gasteiger partial charge is 0.317 e. The molecule has 1 fully saturated rings. The molecule has 20 heavy (non-hydrogen) atoms. The molecule has 1 rings (SSSR count). The van der Waals surface area contributed by atoms with Crippen LogP contribution in [0.1, 0.15) is 39.0 Å². The molecule has 1 aliphatic carbocycles. The lowest BCUT2D eigenvalue weighted by Gasteiger charge is -2.28. The summed E-state index contributed by atoms with van der Waals surface area (Å²) in [4.78, 5) is 24.3. The third-order valence-electron chi connectivity index (χ3n) is 4.11. The second-order valence-corrected chi connectivity index (χ2v) is 5.56. The van der Waals surface area contributed by atoms with E-state index in [-0.39, 0.29) is 18.0 Å². The highest BCUT2D eigenvalue weighted by Crippen LogP contribution is 2.28. The molecule has 0 spiro atoms. The van der Waals surface area contributed by atoms with Crippen molar-refractivity contribution >= 4 is 12.0 Å². The van der Waals surface area contributed by atoms with Crippen LogP contribution in [0, 0.1) is 23.2 Å². The predicted molar refractivity (Wildman–Crippen MR) is 73.9 cm³/mol. The summed E-state index contributed by atoms with van der Waals surface area (Å²) in [5, 5.41) is 20.4. The first kappa shape index (κ1) is 16.3. The average molecular weight is 281 g/mol. The molecule has 0 bridgehead atoms. The molecular formula is C14H23N3O3. The molecule has 0 aromatic heterocycles. The lowest BCUT2D eigenvalue weighted by molar-refractivity contribution is -0.143. The number of nitriles is 1. The number of nitrogens with one attached hydrogen (secondary N) is 1. The van der Waals surface area contributed by atoms with Crippen LogP contribution in [0.3, 0.4) is 0 Å². The van der Waals surface area contributed by atoms with Gasteiger partial charge in [-0.2, -0.15) is 5.26 Å². The van der Waals surface area contributed by atoms with Gasteiger partial charge in [-0.3, -0.25) is 4.79 Å². The molecule has 1 atom stereocenters. The Bertz CT molecular complexity index is 384. The first-order valence-corrected chi connectivity index (χ1v) is 7.06. The van der Waals surface area contributed by atoms with E-state index < -0.39 is 5.97 Å².